The Morgan fingerprint density at radius 1 is 1.19 bits per heavy atom. The molecular formula is C16H26N2O3. The summed E-state index contributed by atoms with van der Waals surface area (Å²) in [6.07, 6.45) is 0. The fourth-order valence-corrected chi connectivity index (χ4v) is 2.10. The van der Waals surface area contributed by atoms with Gasteiger partial charge < -0.3 is 19.7 Å². The van der Waals surface area contributed by atoms with Crippen molar-refractivity contribution in [2.24, 2.45) is 0 Å². The standard InChI is InChI=1S/C16H26N2O3/c1-5-18(6-2)16(19)12-17-11-13-8-9-14(20-4)15(10-13)21-7-3/h8-10,17H,5-7,11-12H2,1-4H3. The highest BCUT2D eigenvalue weighted by Crippen LogP contribution is 2.27. The maximum atomic E-state index is 11.9. The number of methoxy groups -OCH3 is 1. The summed E-state index contributed by atoms with van der Waals surface area (Å²) in [5.41, 5.74) is 1.06. The summed E-state index contributed by atoms with van der Waals surface area (Å²) in [4.78, 5) is 13.7. The lowest BCUT2D eigenvalue weighted by Crippen LogP contribution is -2.37. The highest BCUT2D eigenvalue weighted by molar-refractivity contribution is 5.78. The molecule has 0 heterocycles. The molecule has 0 bridgehead atoms. The number of nitrogens with zero attached hydrogens (tertiary/aromatic N) is 1. The van der Waals surface area contributed by atoms with Gasteiger partial charge in [0.15, 0.2) is 11.5 Å². The smallest absolute Gasteiger partial charge is 0.236 e. The number of rotatable bonds is 9. The largest absolute Gasteiger partial charge is 0.493 e. The topological polar surface area (TPSA) is 50.8 Å². The number of benzene rings is 1. The molecule has 0 spiro atoms. The molecule has 5 nitrogen and oxygen atoms in total. The van der Waals surface area contributed by atoms with Gasteiger partial charge in [-0.25, -0.2) is 0 Å². The first-order chi connectivity index (χ1) is 10.2. The Labute approximate surface area is 127 Å². The van der Waals surface area contributed by atoms with Crippen LogP contribution in [0.5, 0.6) is 11.5 Å². The number of ether oxygens (including phenoxy) is 2. The molecule has 1 rings (SSSR count). The average molecular weight is 294 g/mol. The van der Waals surface area contributed by atoms with Crippen molar-refractivity contribution in [1.29, 1.82) is 0 Å². The van der Waals surface area contributed by atoms with E-state index in [1.165, 1.54) is 0 Å². The van der Waals surface area contributed by atoms with Gasteiger partial charge in [-0.15, -0.1) is 0 Å². The maximum Gasteiger partial charge on any atom is 0.236 e. The zero-order valence-corrected chi connectivity index (χ0v) is 13.4. The zero-order chi connectivity index (χ0) is 15.7. The van der Waals surface area contributed by atoms with Gasteiger partial charge in [0.2, 0.25) is 5.91 Å². The van der Waals surface area contributed by atoms with Crippen LogP contribution in [0.2, 0.25) is 0 Å². The second-order valence-electron chi connectivity index (χ2n) is 4.59. The molecule has 0 aromatic heterocycles. The van der Waals surface area contributed by atoms with Gasteiger partial charge in [-0.1, -0.05) is 6.07 Å². The summed E-state index contributed by atoms with van der Waals surface area (Å²) in [5, 5.41) is 3.17. The molecule has 1 amide bonds. The van der Waals surface area contributed by atoms with Crippen molar-refractivity contribution >= 4 is 5.91 Å². The maximum absolute atomic E-state index is 11.9. The van der Waals surface area contributed by atoms with E-state index in [1.54, 1.807) is 7.11 Å². The van der Waals surface area contributed by atoms with Gasteiger partial charge in [0.1, 0.15) is 0 Å². The molecule has 1 aromatic rings. The number of carbonyl (C=O) groups is 1. The van der Waals surface area contributed by atoms with Gasteiger partial charge in [0.25, 0.3) is 0 Å². The normalized spacial score (nSPS) is 10.3. The van der Waals surface area contributed by atoms with E-state index in [0.717, 1.165) is 30.2 Å². The van der Waals surface area contributed by atoms with Gasteiger partial charge in [0, 0.05) is 19.6 Å². The Balaban J connectivity index is 2.55. The Morgan fingerprint density at radius 2 is 1.90 bits per heavy atom. The van der Waals surface area contributed by atoms with Crippen LogP contribution in [0.25, 0.3) is 0 Å². The van der Waals surface area contributed by atoms with Gasteiger partial charge in [-0.2, -0.15) is 0 Å². The van der Waals surface area contributed by atoms with Crippen LogP contribution in [0.4, 0.5) is 0 Å². The summed E-state index contributed by atoms with van der Waals surface area (Å²) in [7, 11) is 1.62. The highest BCUT2D eigenvalue weighted by atomic mass is 16.5. The van der Waals surface area contributed by atoms with Crippen LogP contribution < -0.4 is 14.8 Å². The van der Waals surface area contributed by atoms with Crippen LogP contribution >= 0.6 is 0 Å². The molecule has 0 fully saturated rings. The Morgan fingerprint density at radius 3 is 2.48 bits per heavy atom. The first-order valence-corrected chi connectivity index (χ1v) is 7.44. The van der Waals surface area contributed by atoms with Crippen molar-refractivity contribution < 1.29 is 14.3 Å². The molecular weight excluding hydrogens is 268 g/mol. The van der Waals surface area contributed by atoms with E-state index in [0.29, 0.717) is 19.7 Å². The second-order valence-corrected chi connectivity index (χ2v) is 4.59. The summed E-state index contributed by atoms with van der Waals surface area (Å²) >= 11 is 0. The van der Waals surface area contributed by atoms with Crippen molar-refractivity contribution in [3.63, 3.8) is 0 Å². The van der Waals surface area contributed by atoms with E-state index in [1.807, 2.05) is 43.9 Å². The van der Waals surface area contributed by atoms with E-state index in [-0.39, 0.29) is 5.91 Å². The lowest BCUT2D eigenvalue weighted by molar-refractivity contribution is -0.129. The minimum Gasteiger partial charge on any atom is -0.493 e. The van der Waals surface area contributed by atoms with Crippen molar-refractivity contribution in [2.45, 2.75) is 27.3 Å². The monoisotopic (exact) mass is 294 g/mol. The fourth-order valence-electron chi connectivity index (χ4n) is 2.10. The molecule has 21 heavy (non-hydrogen) atoms. The van der Waals surface area contributed by atoms with Crippen LogP contribution in [0, 0.1) is 0 Å². The van der Waals surface area contributed by atoms with Crippen molar-refractivity contribution in [3.05, 3.63) is 23.8 Å². The van der Waals surface area contributed by atoms with E-state index in [4.69, 9.17) is 9.47 Å². The molecule has 1 N–H and O–H groups in total. The van der Waals surface area contributed by atoms with Crippen molar-refractivity contribution in [1.82, 2.24) is 10.2 Å². The first kappa shape index (κ1) is 17.3. The summed E-state index contributed by atoms with van der Waals surface area (Å²) in [5.74, 6) is 1.58. The number of amides is 1. The average Bonchev–Trinajstić information content (AvgIpc) is 2.49. The molecule has 0 atom stereocenters. The van der Waals surface area contributed by atoms with E-state index in [2.05, 4.69) is 5.32 Å². The number of carbonyl (C=O) groups excluding carboxylic acids is 1. The molecule has 1 aromatic carbocycles. The van der Waals surface area contributed by atoms with E-state index < -0.39 is 0 Å². The lowest BCUT2D eigenvalue weighted by Gasteiger charge is -2.19. The van der Waals surface area contributed by atoms with Crippen molar-refractivity contribution in [3.8, 4) is 11.5 Å². The fraction of sp³-hybridized carbons (Fsp3) is 0.562. The molecule has 0 unspecified atom stereocenters. The summed E-state index contributed by atoms with van der Waals surface area (Å²) in [6.45, 7) is 8.95. The minimum atomic E-state index is 0.124. The number of hydrogen-bond donors (Lipinski definition) is 1. The molecule has 0 radical (unpaired) electrons. The molecule has 0 aliphatic rings. The van der Waals surface area contributed by atoms with E-state index >= 15 is 0 Å². The zero-order valence-electron chi connectivity index (χ0n) is 13.4. The molecule has 5 heteroatoms. The van der Waals surface area contributed by atoms with Crippen LogP contribution in [-0.4, -0.2) is 44.2 Å². The quantitative estimate of drug-likeness (QED) is 0.757. The van der Waals surface area contributed by atoms with Crippen LogP contribution in [0.15, 0.2) is 18.2 Å². The van der Waals surface area contributed by atoms with Gasteiger partial charge in [-0.3, -0.25) is 4.79 Å². The Bertz CT molecular complexity index is 445. The molecule has 0 aliphatic heterocycles. The highest BCUT2D eigenvalue weighted by Gasteiger charge is 2.09. The SMILES string of the molecule is CCOc1cc(CNCC(=O)N(CC)CC)ccc1OC. The first-order valence-electron chi connectivity index (χ1n) is 7.44. The molecule has 0 saturated carbocycles. The van der Waals surface area contributed by atoms with E-state index in [9.17, 15) is 4.79 Å². The molecule has 0 aliphatic carbocycles. The predicted octanol–water partition coefficient (Wildman–Crippen LogP) is 2.05. The van der Waals surface area contributed by atoms with Crippen LogP contribution in [-0.2, 0) is 11.3 Å². The predicted molar refractivity (Wildman–Crippen MR) is 83.8 cm³/mol. The Hall–Kier alpha value is -1.75. The third-order valence-electron chi connectivity index (χ3n) is 3.25. The summed E-state index contributed by atoms with van der Waals surface area (Å²) in [6, 6.07) is 5.79. The van der Waals surface area contributed by atoms with Gasteiger partial charge >= 0.3 is 0 Å². The van der Waals surface area contributed by atoms with Crippen molar-refractivity contribution in [2.75, 3.05) is 33.4 Å². The third kappa shape index (κ3) is 5.27. The minimum absolute atomic E-state index is 0.124. The lowest BCUT2D eigenvalue weighted by atomic mass is 10.2. The Kier molecular flexibility index (Phi) is 7.61. The number of hydrogen-bond acceptors (Lipinski definition) is 4. The van der Waals surface area contributed by atoms with Gasteiger partial charge in [-0.05, 0) is 38.5 Å². The second kappa shape index (κ2) is 9.23. The van der Waals surface area contributed by atoms with Crippen LogP contribution in [0.1, 0.15) is 26.3 Å². The molecule has 0 saturated heterocycles. The van der Waals surface area contributed by atoms with Gasteiger partial charge in [0.05, 0.1) is 20.3 Å². The number of nitrogens with one attached hydrogen (secondary N) is 1. The number of likely N-dealkylation sites (N-methyl/N-ethyl adjacent to an activating group) is 1. The third-order valence-corrected chi connectivity index (χ3v) is 3.25. The molecule has 118 valence electrons. The summed E-state index contributed by atoms with van der Waals surface area (Å²) < 4.78 is 10.8. The van der Waals surface area contributed by atoms with Crippen LogP contribution in [0.3, 0.4) is 0 Å².